The molecule has 1 unspecified atom stereocenters. The van der Waals surface area contributed by atoms with Gasteiger partial charge >= 0.3 is 6.03 Å². The maximum absolute atomic E-state index is 12.1. The largest absolute Gasteiger partial charge is 0.399 e. The van der Waals surface area contributed by atoms with Crippen LogP contribution in [0.2, 0.25) is 0 Å². The van der Waals surface area contributed by atoms with Crippen molar-refractivity contribution >= 4 is 29.2 Å². The van der Waals surface area contributed by atoms with E-state index in [2.05, 4.69) is 12.2 Å². The van der Waals surface area contributed by atoms with Crippen LogP contribution in [0.25, 0.3) is 0 Å². The topological polar surface area (TPSA) is 58.4 Å². The van der Waals surface area contributed by atoms with Crippen LogP contribution in [0.1, 0.15) is 6.92 Å². The van der Waals surface area contributed by atoms with Gasteiger partial charge in [-0.05, 0) is 25.1 Å². The van der Waals surface area contributed by atoms with Gasteiger partial charge in [-0.25, -0.2) is 4.79 Å². The molecular formula is C12H17N3OS. The minimum absolute atomic E-state index is 0.0385. The number of hydrogen-bond donors (Lipinski definition) is 2. The lowest BCUT2D eigenvalue weighted by atomic mass is 10.3. The molecule has 17 heavy (non-hydrogen) atoms. The van der Waals surface area contributed by atoms with E-state index >= 15 is 0 Å². The summed E-state index contributed by atoms with van der Waals surface area (Å²) in [4.78, 5) is 13.9. The first-order valence-corrected chi connectivity index (χ1v) is 6.83. The van der Waals surface area contributed by atoms with Gasteiger partial charge in [0.1, 0.15) is 0 Å². The van der Waals surface area contributed by atoms with Crippen molar-refractivity contribution in [2.75, 3.05) is 29.1 Å². The fourth-order valence-electron chi connectivity index (χ4n) is 1.84. The first-order chi connectivity index (χ1) is 8.16. The highest BCUT2D eigenvalue weighted by atomic mass is 32.2. The van der Waals surface area contributed by atoms with Crippen molar-refractivity contribution in [3.05, 3.63) is 24.3 Å². The molecule has 5 heteroatoms. The van der Waals surface area contributed by atoms with Gasteiger partial charge in [-0.15, -0.1) is 0 Å². The third-order valence-corrected chi connectivity index (χ3v) is 3.96. The van der Waals surface area contributed by atoms with Gasteiger partial charge in [-0.2, -0.15) is 11.8 Å². The van der Waals surface area contributed by atoms with Crippen molar-refractivity contribution < 1.29 is 4.79 Å². The van der Waals surface area contributed by atoms with E-state index in [1.807, 2.05) is 28.8 Å². The second-order valence-electron chi connectivity index (χ2n) is 4.17. The molecule has 2 rings (SSSR count). The molecule has 1 atom stereocenters. The van der Waals surface area contributed by atoms with Crippen LogP contribution in [0.3, 0.4) is 0 Å². The van der Waals surface area contributed by atoms with Gasteiger partial charge in [-0.1, -0.05) is 6.07 Å². The number of nitrogens with two attached hydrogens (primary N) is 1. The molecule has 1 aliphatic heterocycles. The fourth-order valence-corrected chi connectivity index (χ4v) is 2.85. The van der Waals surface area contributed by atoms with Gasteiger partial charge in [0.15, 0.2) is 0 Å². The first-order valence-electron chi connectivity index (χ1n) is 5.68. The van der Waals surface area contributed by atoms with Crippen LogP contribution in [-0.2, 0) is 0 Å². The van der Waals surface area contributed by atoms with Crippen molar-refractivity contribution in [1.82, 2.24) is 4.90 Å². The highest BCUT2D eigenvalue weighted by Gasteiger charge is 2.23. The number of amides is 2. The standard InChI is InChI=1S/C12H17N3OS/c1-9-8-17-6-5-15(9)12(16)14-11-4-2-3-10(13)7-11/h2-4,7,9H,5-6,8,13H2,1H3,(H,14,16). The molecule has 4 nitrogen and oxygen atoms in total. The van der Waals surface area contributed by atoms with E-state index < -0.39 is 0 Å². The number of carbonyl (C=O) groups is 1. The van der Waals surface area contributed by atoms with E-state index in [9.17, 15) is 4.79 Å². The smallest absolute Gasteiger partial charge is 0.322 e. The van der Waals surface area contributed by atoms with Crippen LogP contribution < -0.4 is 11.1 Å². The Labute approximate surface area is 106 Å². The summed E-state index contributed by atoms with van der Waals surface area (Å²) in [6, 6.07) is 7.49. The minimum atomic E-state index is -0.0385. The number of anilines is 2. The summed E-state index contributed by atoms with van der Waals surface area (Å²) < 4.78 is 0. The van der Waals surface area contributed by atoms with Gasteiger partial charge in [0.05, 0.1) is 0 Å². The monoisotopic (exact) mass is 251 g/mol. The molecule has 3 N–H and O–H groups in total. The lowest BCUT2D eigenvalue weighted by Crippen LogP contribution is -2.46. The second kappa shape index (κ2) is 5.31. The Balaban J connectivity index is 2.01. The van der Waals surface area contributed by atoms with Crippen LogP contribution in [-0.4, -0.2) is 35.0 Å². The molecule has 0 radical (unpaired) electrons. The molecule has 1 aromatic carbocycles. The van der Waals surface area contributed by atoms with Gasteiger partial charge in [0, 0.05) is 35.5 Å². The van der Waals surface area contributed by atoms with Crippen molar-refractivity contribution in [2.45, 2.75) is 13.0 Å². The third kappa shape index (κ3) is 3.06. The van der Waals surface area contributed by atoms with E-state index in [0.29, 0.717) is 5.69 Å². The van der Waals surface area contributed by atoms with Crippen LogP contribution >= 0.6 is 11.8 Å². The number of nitrogens with one attached hydrogen (secondary N) is 1. The van der Waals surface area contributed by atoms with E-state index in [4.69, 9.17) is 5.73 Å². The van der Waals surface area contributed by atoms with Crippen LogP contribution in [0, 0.1) is 0 Å². The normalized spacial score (nSPS) is 20.1. The molecule has 1 heterocycles. The van der Waals surface area contributed by atoms with Gasteiger partial charge in [0.25, 0.3) is 0 Å². The van der Waals surface area contributed by atoms with E-state index in [0.717, 1.165) is 23.7 Å². The average molecular weight is 251 g/mol. The Morgan fingerprint density at radius 3 is 3.12 bits per heavy atom. The number of benzene rings is 1. The quantitative estimate of drug-likeness (QED) is 0.753. The lowest BCUT2D eigenvalue weighted by molar-refractivity contribution is 0.200. The van der Waals surface area contributed by atoms with E-state index in [-0.39, 0.29) is 12.1 Å². The van der Waals surface area contributed by atoms with Crippen LogP contribution in [0.5, 0.6) is 0 Å². The molecule has 2 amide bonds. The lowest BCUT2D eigenvalue weighted by Gasteiger charge is -2.33. The Morgan fingerprint density at radius 2 is 2.41 bits per heavy atom. The van der Waals surface area contributed by atoms with Crippen molar-refractivity contribution in [1.29, 1.82) is 0 Å². The summed E-state index contributed by atoms with van der Waals surface area (Å²) in [6.45, 7) is 2.88. The molecule has 0 saturated carbocycles. The summed E-state index contributed by atoms with van der Waals surface area (Å²) >= 11 is 1.89. The molecule has 0 aromatic heterocycles. The molecule has 1 fully saturated rings. The Hall–Kier alpha value is -1.36. The molecule has 92 valence electrons. The van der Waals surface area contributed by atoms with Crippen molar-refractivity contribution in [3.8, 4) is 0 Å². The van der Waals surface area contributed by atoms with Gasteiger partial charge in [-0.3, -0.25) is 0 Å². The second-order valence-corrected chi connectivity index (χ2v) is 5.32. The predicted octanol–water partition coefficient (Wildman–Crippen LogP) is 2.24. The van der Waals surface area contributed by atoms with Crippen molar-refractivity contribution in [3.63, 3.8) is 0 Å². The fraction of sp³-hybridized carbons (Fsp3) is 0.417. The molecule has 0 bridgehead atoms. The maximum atomic E-state index is 12.1. The maximum Gasteiger partial charge on any atom is 0.322 e. The molecule has 0 spiro atoms. The molecule has 1 saturated heterocycles. The summed E-state index contributed by atoms with van der Waals surface area (Å²) in [7, 11) is 0. The van der Waals surface area contributed by atoms with Crippen LogP contribution in [0.4, 0.5) is 16.2 Å². The summed E-state index contributed by atoms with van der Waals surface area (Å²) in [5.41, 5.74) is 7.08. The third-order valence-electron chi connectivity index (χ3n) is 2.77. The zero-order valence-corrected chi connectivity index (χ0v) is 10.7. The number of carbonyl (C=O) groups excluding carboxylic acids is 1. The Kier molecular flexibility index (Phi) is 3.78. The molecule has 1 aromatic rings. The summed E-state index contributed by atoms with van der Waals surface area (Å²) in [5.74, 6) is 2.01. The number of hydrogen-bond acceptors (Lipinski definition) is 3. The Morgan fingerprint density at radius 1 is 1.59 bits per heavy atom. The molecule has 1 aliphatic rings. The van der Waals surface area contributed by atoms with Crippen molar-refractivity contribution in [2.24, 2.45) is 0 Å². The highest BCUT2D eigenvalue weighted by Crippen LogP contribution is 2.18. The van der Waals surface area contributed by atoms with Gasteiger partial charge < -0.3 is 16.0 Å². The average Bonchev–Trinajstić information content (AvgIpc) is 2.29. The van der Waals surface area contributed by atoms with E-state index in [1.165, 1.54) is 0 Å². The summed E-state index contributed by atoms with van der Waals surface area (Å²) in [6.07, 6.45) is 0. The minimum Gasteiger partial charge on any atom is -0.399 e. The SMILES string of the molecule is CC1CSCCN1C(=O)Nc1cccc(N)c1. The number of urea groups is 1. The van der Waals surface area contributed by atoms with Crippen LogP contribution in [0.15, 0.2) is 24.3 Å². The zero-order valence-electron chi connectivity index (χ0n) is 9.85. The number of nitrogens with zero attached hydrogens (tertiary/aromatic N) is 1. The molecule has 0 aliphatic carbocycles. The number of nitrogen functional groups attached to an aromatic ring is 1. The highest BCUT2D eigenvalue weighted by molar-refractivity contribution is 7.99. The summed E-state index contributed by atoms with van der Waals surface area (Å²) in [5, 5.41) is 2.88. The Bertz CT molecular complexity index is 410. The van der Waals surface area contributed by atoms with Gasteiger partial charge in [0.2, 0.25) is 0 Å². The number of thioether (sulfide) groups is 1. The predicted molar refractivity (Wildman–Crippen MR) is 73.4 cm³/mol. The first kappa shape index (κ1) is 12.1. The van der Waals surface area contributed by atoms with E-state index in [1.54, 1.807) is 12.1 Å². The number of rotatable bonds is 1. The molecular weight excluding hydrogens is 234 g/mol. The zero-order chi connectivity index (χ0) is 12.3.